The molecule has 3 aromatic rings. The molecule has 0 saturated heterocycles. The molecule has 0 bridgehead atoms. The molecule has 0 radical (unpaired) electrons. The van der Waals surface area contributed by atoms with E-state index < -0.39 is 11.6 Å². The summed E-state index contributed by atoms with van der Waals surface area (Å²) in [6.45, 7) is 2.18. The normalized spacial score (nSPS) is 19.3. The number of hydrogen-bond donors (Lipinski definition) is 0. The van der Waals surface area contributed by atoms with Crippen LogP contribution in [0.15, 0.2) is 48.5 Å². The molecular weight excluding hydrogens is 381 g/mol. The summed E-state index contributed by atoms with van der Waals surface area (Å²) in [4.78, 5) is 0. The van der Waals surface area contributed by atoms with Crippen molar-refractivity contribution >= 4 is 10.8 Å². The van der Waals surface area contributed by atoms with Crippen LogP contribution in [0.25, 0.3) is 10.8 Å². The van der Waals surface area contributed by atoms with E-state index in [1.807, 2.05) is 18.2 Å². The maximum Gasteiger partial charge on any atom is 0.166 e. The first-order chi connectivity index (χ1) is 14.6. The Morgan fingerprint density at radius 3 is 2.27 bits per heavy atom. The summed E-state index contributed by atoms with van der Waals surface area (Å²) in [6, 6.07) is 14.2. The van der Waals surface area contributed by atoms with Gasteiger partial charge in [0.15, 0.2) is 11.6 Å². The molecule has 3 heteroatoms. The second-order valence-corrected chi connectivity index (χ2v) is 8.70. The van der Waals surface area contributed by atoms with E-state index in [9.17, 15) is 13.2 Å². The maximum atomic E-state index is 14.7. The van der Waals surface area contributed by atoms with Crippen molar-refractivity contribution in [2.45, 2.75) is 70.1 Å². The van der Waals surface area contributed by atoms with Gasteiger partial charge in [0.1, 0.15) is 5.82 Å². The number of aryl methyl sites for hydroxylation is 1. The van der Waals surface area contributed by atoms with Gasteiger partial charge in [-0.2, -0.15) is 0 Å². The van der Waals surface area contributed by atoms with E-state index in [2.05, 4.69) is 13.0 Å². The number of unbranched alkanes of at least 4 members (excludes halogenated alkanes) is 2. The lowest BCUT2D eigenvalue weighted by Gasteiger charge is -2.29. The molecule has 30 heavy (non-hydrogen) atoms. The summed E-state index contributed by atoms with van der Waals surface area (Å²) in [5.74, 6) is -1.01. The number of rotatable bonds is 6. The van der Waals surface area contributed by atoms with Crippen LogP contribution in [-0.4, -0.2) is 0 Å². The van der Waals surface area contributed by atoms with Crippen LogP contribution >= 0.6 is 0 Å². The highest BCUT2D eigenvalue weighted by Crippen LogP contribution is 2.42. The van der Waals surface area contributed by atoms with Crippen molar-refractivity contribution in [3.05, 3.63) is 82.7 Å². The molecule has 0 spiro atoms. The minimum atomic E-state index is -0.811. The molecule has 1 aliphatic rings. The summed E-state index contributed by atoms with van der Waals surface area (Å²) >= 11 is 0. The first-order valence-corrected chi connectivity index (χ1v) is 11.2. The van der Waals surface area contributed by atoms with Gasteiger partial charge in [-0.3, -0.25) is 0 Å². The zero-order valence-corrected chi connectivity index (χ0v) is 17.6. The van der Waals surface area contributed by atoms with Crippen molar-refractivity contribution in [2.24, 2.45) is 0 Å². The Morgan fingerprint density at radius 1 is 0.767 bits per heavy atom. The second kappa shape index (κ2) is 9.24. The van der Waals surface area contributed by atoms with Crippen LogP contribution in [0.5, 0.6) is 0 Å². The molecule has 0 amide bonds. The average molecular weight is 411 g/mol. The van der Waals surface area contributed by atoms with Crippen molar-refractivity contribution in [3.63, 3.8) is 0 Å². The quantitative estimate of drug-likeness (QED) is 0.358. The van der Waals surface area contributed by atoms with Crippen LogP contribution in [0.3, 0.4) is 0 Å². The molecule has 1 fully saturated rings. The molecule has 158 valence electrons. The van der Waals surface area contributed by atoms with Crippen molar-refractivity contribution in [2.75, 3.05) is 0 Å². The van der Waals surface area contributed by atoms with E-state index in [-0.39, 0.29) is 11.7 Å². The van der Waals surface area contributed by atoms with Gasteiger partial charge in [0.05, 0.1) is 0 Å². The van der Waals surface area contributed by atoms with Gasteiger partial charge in [-0.25, -0.2) is 13.2 Å². The molecule has 0 nitrogen and oxygen atoms in total. The van der Waals surface area contributed by atoms with E-state index in [1.165, 1.54) is 24.5 Å². The zero-order chi connectivity index (χ0) is 21.1. The summed E-state index contributed by atoms with van der Waals surface area (Å²) in [6.07, 6.45) is 8.29. The Balaban J connectivity index is 1.42. The number of benzene rings is 3. The predicted molar refractivity (Wildman–Crippen MR) is 117 cm³/mol. The SMILES string of the molecule is CCCCCc1ccc(C2CCC(c3ccc4c(F)c(F)ccc4c3)CC2)c(F)c1. The molecule has 1 aliphatic carbocycles. The number of halogens is 3. The molecule has 0 N–H and O–H groups in total. The topological polar surface area (TPSA) is 0 Å². The monoisotopic (exact) mass is 410 g/mol. The lowest BCUT2D eigenvalue weighted by atomic mass is 9.75. The summed E-state index contributed by atoms with van der Waals surface area (Å²) < 4.78 is 42.1. The molecule has 4 rings (SSSR count). The Morgan fingerprint density at radius 2 is 1.53 bits per heavy atom. The highest BCUT2D eigenvalue weighted by molar-refractivity contribution is 5.84. The first-order valence-electron chi connectivity index (χ1n) is 11.2. The standard InChI is InChI=1S/C27H29F3/c1-2-3-4-5-18-6-13-23(26(29)16-18)20-9-7-19(8-10-20)21-11-14-24-22(17-21)12-15-25(28)27(24)30/h6,11-17,19-20H,2-5,7-10H2,1H3. The minimum Gasteiger partial charge on any atom is -0.207 e. The summed E-state index contributed by atoms with van der Waals surface area (Å²) in [5, 5.41) is 1.06. The smallest absolute Gasteiger partial charge is 0.166 e. The van der Waals surface area contributed by atoms with Gasteiger partial charge in [0, 0.05) is 5.39 Å². The molecular formula is C27H29F3. The minimum absolute atomic E-state index is 0.0596. The average Bonchev–Trinajstić information content (AvgIpc) is 2.77. The van der Waals surface area contributed by atoms with E-state index in [0.29, 0.717) is 11.3 Å². The van der Waals surface area contributed by atoms with Gasteiger partial charge in [-0.05, 0) is 84.6 Å². The van der Waals surface area contributed by atoms with Gasteiger partial charge in [-0.1, -0.05) is 56.2 Å². The van der Waals surface area contributed by atoms with Gasteiger partial charge in [0.2, 0.25) is 0 Å². The van der Waals surface area contributed by atoms with Crippen LogP contribution < -0.4 is 0 Å². The first kappa shape index (κ1) is 21.0. The van der Waals surface area contributed by atoms with Crippen LogP contribution in [-0.2, 0) is 6.42 Å². The van der Waals surface area contributed by atoms with Gasteiger partial charge in [-0.15, -0.1) is 0 Å². The third-order valence-corrected chi connectivity index (χ3v) is 6.70. The van der Waals surface area contributed by atoms with Gasteiger partial charge < -0.3 is 0 Å². The molecule has 0 aliphatic heterocycles. The Bertz CT molecular complexity index is 1020. The molecule has 0 aromatic heterocycles. The third-order valence-electron chi connectivity index (χ3n) is 6.70. The summed E-state index contributed by atoms with van der Waals surface area (Å²) in [5.41, 5.74) is 3.11. The van der Waals surface area contributed by atoms with E-state index in [0.717, 1.165) is 55.0 Å². The Labute approximate surface area is 177 Å². The number of hydrogen-bond acceptors (Lipinski definition) is 0. The summed E-state index contributed by atoms with van der Waals surface area (Å²) in [7, 11) is 0. The maximum absolute atomic E-state index is 14.7. The van der Waals surface area contributed by atoms with Crippen LogP contribution in [0, 0.1) is 17.5 Å². The van der Waals surface area contributed by atoms with Crippen molar-refractivity contribution in [3.8, 4) is 0 Å². The van der Waals surface area contributed by atoms with Crippen LogP contribution in [0.2, 0.25) is 0 Å². The fourth-order valence-corrected chi connectivity index (χ4v) is 4.91. The molecule has 1 saturated carbocycles. The zero-order valence-electron chi connectivity index (χ0n) is 17.6. The van der Waals surface area contributed by atoms with Crippen LogP contribution in [0.4, 0.5) is 13.2 Å². The highest BCUT2D eigenvalue weighted by atomic mass is 19.2. The second-order valence-electron chi connectivity index (χ2n) is 8.70. The van der Waals surface area contributed by atoms with Crippen LogP contribution in [0.1, 0.15) is 80.4 Å². The van der Waals surface area contributed by atoms with Crippen molar-refractivity contribution in [1.82, 2.24) is 0 Å². The molecule has 0 unspecified atom stereocenters. The van der Waals surface area contributed by atoms with Crippen molar-refractivity contribution < 1.29 is 13.2 Å². The Hall–Kier alpha value is -2.29. The van der Waals surface area contributed by atoms with E-state index in [4.69, 9.17) is 0 Å². The van der Waals surface area contributed by atoms with Gasteiger partial charge in [0.25, 0.3) is 0 Å². The van der Waals surface area contributed by atoms with E-state index in [1.54, 1.807) is 18.2 Å². The molecule has 0 heterocycles. The predicted octanol–water partition coefficient (Wildman–Crippen LogP) is 8.43. The Kier molecular flexibility index (Phi) is 6.46. The fraction of sp³-hybridized carbons (Fsp3) is 0.407. The molecule has 0 atom stereocenters. The highest BCUT2D eigenvalue weighted by Gasteiger charge is 2.25. The number of fused-ring (bicyclic) bond motifs is 1. The van der Waals surface area contributed by atoms with E-state index >= 15 is 0 Å². The lowest BCUT2D eigenvalue weighted by molar-refractivity contribution is 0.387. The van der Waals surface area contributed by atoms with Crippen molar-refractivity contribution in [1.29, 1.82) is 0 Å². The lowest BCUT2D eigenvalue weighted by Crippen LogP contribution is -2.13. The van der Waals surface area contributed by atoms with Gasteiger partial charge >= 0.3 is 0 Å². The largest absolute Gasteiger partial charge is 0.207 e. The molecule has 3 aromatic carbocycles. The fourth-order valence-electron chi connectivity index (χ4n) is 4.91. The third kappa shape index (κ3) is 4.40.